The largest absolute Gasteiger partial charge is 0.457 e. The third kappa shape index (κ3) is 4.19. The van der Waals surface area contributed by atoms with Gasteiger partial charge < -0.3 is 13.9 Å². The Labute approximate surface area is 167 Å². The van der Waals surface area contributed by atoms with E-state index in [1.165, 1.54) is 6.07 Å². The van der Waals surface area contributed by atoms with Crippen LogP contribution in [0.4, 0.5) is 0 Å². The number of carbonyl (C=O) groups excluding carboxylic acids is 1. The summed E-state index contributed by atoms with van der Waals surface area (Å²) >= 11 is 0. The van der Waals surface area contributed by atoms with Gasteiger partial charge in [-0.2, -0.15) is 0 Å². The van der Waals surface area contributed by atoms with E-state index in [4.69, 9.17) is 13.9 Å². The third-order valence-electron chi connectivity index (χ3n) is 4.42. The molecule has 0 unspecified atom stereocenters. The van der Waals surface area contributed by atoms with Crippen molar-refractivity contribution in [3.63, 3.8) is 0 Å². The van der Waals surface area contributed by atoms with E-state index in [1.807, 2.05) is 37.3 Å². The third-order valence-corrected chi connectivity index (χ3v) is 4.42. The molecule has 144 valence electrons. The zero-order valence-corrected chi connectivity index (χ0v) is 15.8. The van der Waals surface area contributed by atoms with Crippen LogP contribution in [0.2, 0.25) is 0 Å². The van der Waals surface area contributed by atoms with Crippen molar-refractivity contribution >= 4 is 16.9 Å². The summed E-state index contributed by atoms with van der Waals surface area (Å²) in [6, 6.07) is 23.0. The molecule has 0 bridgehead atoms. The highest BCUT2D eigenvalue weighted by atomic mass is 16.5. The van der Waals surface area contributed by atoms with Crippen molar-refractivity contribution in [2.45, 2.75) is 13.5 Å². The number of esters is 1. The molecule has 0 amide bonds. The zero-order chi connectivity index (χ0) is 20.2. The van der Waals surface area contributed by atoms with Gasteiger partial charge in [-0.05, 0) is 42.8 Å². The second-order valence-electron chi connectivity index (χ2n) is 6.58. The van der Waals surface area contributed by atoms with E-state index in [-0.39, 0.29) is 6.61 Å². The first-order valence-corrected chi connectivity index (χ1v) is 9.12. The summed E-state index contributed by atoms with van der Waals surface area (Å²) in [5, 5.41) is 0.733. The van der Waals surface area contributed by atoms with Gasteiger partial charge in [-0.15, -0.1) is 0 Å². The number of rotatable bonds is 5. The van der Waals surface area contributed by atoms with Gasteiger partial charge in [0.2, 0.25) is 0 Å². The minimum Gasteiger partial charge on any atom is -0.457 e. The van der Waals surface area contributed by atoms with E-state index >= 15 is 0 Å². The van der Waals surface area contributed by atoms with Crippen molar-refractivity contribution in [1.82, 2.24) is 0 Å². The summed E-state index contributed by atoms with van der Waals surface area (Å²) in [6.45, 7) is 1.86. The predicted octanol–water partition coefficient (Wildman–Crippen LogP) is 5.25. The lowest BCUT2D eigenvalue weighted by Crippen LogP contribution is -2.09. The van der Waals surface area contributed by atoms with Crippen LogP contribution in [0.15, 0.2) is 88.1 Å². The molecular weight excluding hydrogens is 368 g/mol. The number of carbonyl (C=O) groups is 1. The first kappa shape index (κ1) is 18.5. The summed E-state index contributed by atoms with van der Waals surface area (Å²) in [4.78, 5) is 24.6. The second kappa shape index (κ2) is 8.02. The summed E-state index contributed by atoms with van der Waals surface area (Å²) in [7, 11) is 0. The number of aryl methyl sites for hydroxylation is 1. The lowest BCUT2D eigenvalue weighted by Gasteiger charge is -2.11. The first-order valence-electron chi connectivity index (χ1n) is 9.12. The molecule has 1 aromatic heterocycles. The van der Waals surface area contributed by atoms with Gasteiger partial charge in [-0.3, -0.25) is 0 Å². The van der Waals surface area contributed by atoms with E-state index in [0.29, 0.717) is 28.2 Å². The van der Waals surface area contributed by atoms with Crippen molar-refractivity contribution in [1.29, 1.82) is 0 Å². The Kier molecular flexibility index (Phi) is 5.12. The van der Waals surface area contributed by atoms with Gasteiger partial charge in [0.25, 0.3) is 0 Å². The van der Waals surface area contributed by atoms with E-state index in [0.717, 1.165) is 10.9 Å². The molecular formula is C24H18O5. The van der Waals surface area contributed by atoms with Crippen LogP contribution in [-0.4, -0.2) is 5.97 Å². The molecule has 0 N–H and O–H groups in total. The molecule has 29 heavy (non-hydrogen) atoms. The molecule has 0 atom stereocenters. The molecule has 0 aliphatic rings. The van der Waals surface area contributed by atoms with Crippen LogP contribution in [0.5, 0.6) is 11.5 Å². The molecule has 0 saturated carbocycles. The van der Waals surface area contributed by atoms with Crippen LogP contribution in [0.25, 0.3) is 11.0 Å². The number of para-hydroxylation sites is 2. The molecule has 4 aromatic rings. The number of hydrogen-bond acceptors (Lipinski definition) is 5. The van der Waals surface area contributed by atoms with E-state index in [2.05, 4.69) is 0 Å². The number of benzene rings is 3. The predicted molar refractivity (Wildman–Crippen MR) is 109 cm³/mol. The maximum atomic E-state index is 12.7. The average Bonchev–Trinajstić information content (AvgIpc) is 2.72. The summed E-state index contributed by atoms with van der Waals surface area (Å²) in [5.41, 5.74) is 1.85. The van der Waals surface area contributed by atoms with Crippen molar-refractivity contribution in [3.05, 3.63) is 106 Å². The Morgan fingerprint density at radius 2 is 1.69 bits per heavy atom. The number of hydrogen-bond donors (Lipinski definition) is 0. The minimum absolute atomic E-state index is 0.0519. The Balaban J connectivity index is 1.57. The van der Waals surface area contributed by atoms with Crippen LogP contribution in [0.1, 0.15) is 21.5 Å². The molecule has 1 heterocycles. The van der Waals surface area contributed by atoms with Crippen LogP contribution in [-0.2, 0) is 11.3 Å². The highest BCUT2D eigenvalue weighted by Crippen LogP contribution is 2.26. The van der Waals surface area contributed by atoms with Crippen LogP contribution in [0, 0.1) is 6.92 Å². The topological polar surface area (TPSA) is 65.7 Å². The normalized spacial score (nSPS) is 10.7. The molecule has 0 aliphatic carbocycles. The Morgan fingerprint density at radius 1 is 0.931 bits per heavy atom. The molecule has 5 nitrogen and oxygen atoms in total. The van der Waals surface area contributed by atoms with Gasteiger partial charge in [0.1, 0.15) is 29.3 Å². The smallest absolute Gasteiger partial charge is 0.342 e. The Morgan fingerprint density at radius 3 is 2.52 bits per heavy atom. The van der Waals surface area contributed by atoms with Gasteiger partial charge in [0, 0.05) is 17.0 Å². The van der Waals surface area contributed by atoms with Gasteiger partial charge in [-0.1, -0.05) is 42.5 Å². The first-order chi connectivity index (χ1) is 14.1. The minimum atomic E-state index is -0.537. The summed E-state index contributed by atoms with van der Waals surface area (Å²) < 4.78 is 16.5. The van der Waals surface area contributed by atoms with Gasteiger partial charge >= 0.3 is 11.6 Å². The molecule has 0 aliphatic heterocycles. The van der Waals surface area contributed by atoms with Gasteiger partial charge in [-0.25, -0.2) is 9.59 Å². The maximum Gasteiger partial charge on any atom is 0.342 e. The van der Waals surface area contributed by atoms with Crippen molar-refractivity contribution in [2.75, 3.05) is 0 Å². The Bertz CT molecular complexity index is 1220. The second-order valence-corrected chi connectivity index (χ2v) is 6.58. The highest BCUT2D eigenvalue weighted by molar-refractivity contribution is 5.92. The van der Waals surface area contributed by atoms with Gasteiger partial charge in [0.05, 0.1) is 0 Å². The molecule has 0 fully saturated rings. The van der Waals surface area contributed by atoms with Crippen LogP contribution >= 0.6 is 0 Å². The van der Waals surface area contributed by atoms with E-state index in [1.54, 1.807) is 42.5 Å². The average molecular weight is 386 g/mol. The quantitative estimate of drug-likeness (QED) is 0.346. The fourth-order valence-corrected chi connectivity index (χ4v) is 3.02. The van der Waals surface area contributed by atoms with Crippen molar-refractivity contribution < 1.29 is 18.7 Å². The van der Waals surface area contributed by atoms with Crippen molar-refractivity contribution in [3.8, 4) is 11.5 Å². The number of ether oxygens (including phenoxy) is 2. The molecule has 0 spiro atoms. The van der Waals surface area contributed by atoms with Crippen LogP contribution in [0.3, 0.4) is 0 Å². The van der Waals surface area contributed by atoms with Gasteiger partial charge in [0.15, 0.2) is 0 Å². The Hall–Kier alpha value is -3.86. The maximum absolute atomic E-state index is 12.7. The number of fused-ring (bicyclic) bond motifs is 1. The zero-order valence-electron chi connectivity index (χ0n) is 15.8. The van der Waals surface area contributed by atoms with E-state index in [9.17, 15) is 9.59 Å². The molecule has 5 heteroatoms. The molecule has 0 saturated heterocycles. The fourth-order valence-electron chi connectivity index (χ4n) is 3.02. The summed E-state index contributed by atoms with van der Waals surface area (Å²) in [5.74, 6) is 0.483. The summed E-state index contributed by atoms with van der Waals surface area (Å²) in [6.07, 6.45) is 0. The van der Waals surface area contributed by atoms with Crippen molar-refractivity contribution in [2.24, 2.45) is 0 Å². The molecule has 4 rings (SSSR count). The lowest BCUT2D eigenvalue weighted by atomic mass is 10.1. The SMILES string of the molecule is Cc1ccc2c(COC(=O)c3ccccc3Oc3ccccc3)cc(=O)oc2c1. The standard InChI is InChI=1S/C24H18O5/c1-16-11-12-19-17(14-23(25)29-22(19)13-16)15-27-24(26)20-9-5-6-10-21(20)28-18-7-3-2-4-8-18/h2-14H,15H2,1H3. The monoisotopic (exact) mass is 386 g/mol. The molecule has 0 radical (unpaired) electrons. The van der Waals surface area contributed by atoms with E-state index < -0.39 is 11.6 Å². The fraction of sp³-hybridized carbons (Fsp3) is 0.0833. The molecule has 3 aromatic carbocycles. The highest BCUT2D eigenvalue weighted by Gasteiger charge is 2.16. The lowest BCUT2D eigenvalue weighted by molar-refractivity contribution is 0.0471. The van der Waals surface area contributed by atoms with Crippen LogP contribution < -0.4 is 10.4 Å².